The SMILES string of the molecule is CCCCn1nc(C(=O)N[C@H](c2cccc(F)c2)c2nccn2C)ccc1=O. The zero-order valence-corrected chi connectivity index (χ0v) is 15.8. The number of unbranched alkanes of at least 4 members (excludes halogenated alkanes) is 1. The fraction of sp³-hybridized carbons (Fsp3) is 0.300. The van der Waals surface area contributed by atoms with Crippen LogP contribution in [-0.4, -0.2) is 25.2 Å². The lowest BCUT2D eigenvalue weighted by atomic mass is 10.1. The Hall–Kier alpha value is -3.29. The highest BCUT2D eigenvalue weighted by Crippen LogP contribution is 2.21. The topological polar surface area (TPSA) is 81.8 Å². The predicted octanol–water partition coefficient (Wildman–Crippen LogP) is 2.44. The average Bonchev–Trinajstić information content (AvgIpc) is 3.11. The smallest absolute Gasteiger partial charge is 0.272 e. The second kappa shape index (κ2) is 8.60. The van der Waals surface area contributed by atoms with Crippen molar-refractivity contribution < 1.29 is 9.18 Å². The van der Waals surface area contributed by atoms with Gasteiger partial charge in [0.1, 0.15) is 23.4 Å². The minimum absolute atomic E-state index is 0.117. The third kappa shape index (κ3) is 4.33. The van der Waals surface area contributed by atoms with Gasteiger partial charge in [0.2, 0.25) is 0 Å². The van der Waals surface area contributed by atoms with Crippen molar-refractivity contribution in [2.75, 3.05) is 0 Å². The predicted molar refractivity (Wildman–Crippen MR) is 102 cm³/mol. The first-order valence-electron chi connectivity index (χ1n) is 9.11. The highest BCUT2D eigenvalue weighted by Gasteiger charge is 2.23. The fourth-order valence-corrected chi connectivity index (χ4v) is 2.88. The number of carbonyl (C=O) groups excluding carboxylic acids is 1. The summed E-state index contributed by atoms with van der Waals surface area (Å²) in [5.74, 6) is -0.321. The molecule has 0 aliphatic heterocycles. The van der Waals surface area contributed by atoms with Gasteiger partial charge in [0, 0.05) is 32.1 Å². The number of amides is 1. The van der Waals surface area contributed by atoms with Crippen LogP contribution < -0.4 is 10.9 Å². The van der Waals surface area contributed by atoms with Gasteiger partial charge >= 0.3 is 0 Å². The van der Waals surface area contributed by atoms with E-state index < -0.39 is 17.8 Å². The van der Waals surface area contributed by atoms with Crippen LogP contribution in [0.4, 0.5) is 4.39 Å². The Morgan fingerprint density at radius 2 is 2.11 bits per heavy atom. The molecule has 3 rings (SSSR count). The first-order valence-corrected chi connectivity index (χ1v) is 9.11. The summed E-state index contributed by atoms with van der Waals surface area (Å²) in [7, 11) is 1.80. The van der Waals surface area contributed by atoms with Crippen molar-refractivity contribution in [3.05, 3.63) is 82.0 Å². The molecular formula is C20H22FN5O2. The number of hydrogen-bond donors (Lipinski definition) is 1. The molecule has 1 atom stereocenters. The largest absolute Gasteiger partial charge is 0.337 e. The molecule has 1 amide bonds. The van der Waals surface area contributed by atoms with Crippen molar-refractivity contribution >= 4 is 5.91 Å². The van der Waals surface area contributed by atoms with Gasteiger partial charge in [-0.3, -0.25) is 9.59 Å². The summed E-state index contributed by atoms with van der Waals surface area (Å²) in [6, 6.07) is 8.05. The molecule has 0 radical (unpaired) electrons. The normalized spacial score (nSPS) is 12.0. The lowest BCUT2D eigenvalue weighted by Gasteiger charge is -2.19. The third-order valence-corrected chi connectivity index (χ3v) is 4.40. The molecule has 2 aromatic heterocycles. The molecule has 0 saturated carbocycles. The number of hydrogen-bond acceptors (Lipinski definition) is 4. The molecule has 3 aromatic rings. The Balaban J connectivity index is 1.92. The van der Waals surface area contributed by atoms with Gasteiger partial charge in [-0.25, -0.2) is 14.1 Å². The number of benzene rings is 1. The van der Waals surface area contributed by atoms with Crippen molar-refractivity contribution in [2.45, 2.75) is 32.4 Å². The summed E-state index contributed by atoms with van der Waals surface area (Å²) in [6.07, 6.45) is 5.05. The van der Waals surface area contributed by atoms with Crippen LogP contribution in [0.15, 0.2) is 53.6 Å². The molecule has 0 aliphatic rings. The summed E-state index contributed by atoms with van der Waals surface area (Å²) >= 11 is 0. The molecular weight excluding hydrogens is 361 g/mol. The second-order valence-corrected chi connectivity index (χ2v) is 6.49. The van der Waals surface area contributed by atoms with Crippen molar-refractivity contribution in [1.29, 1.82) is 0 Å². The van der Waals surface area contributed by atoms with E-state index in [0.717, 1.165) is 12.8 Å². The lowest BCUT2D eigenvalue weighted by Crippen LogP contribution is -2.34. The number of nitrogens with zero attached hydrogens (tertiary/aromatic N) is 4. The van der Waals surface area contributed by atoms with E-state index in [0.29, 0.717) is 17.9 Å². The van der Waals surface area contributed by atoms with Crippen LogP contribution in [0.3, 0.4) is 0 Å². The second-order valence-electron chi connectivity index (χ2n) is 6.49. The van der Waals surface area contributed by atoms with Gasteiger partial charge in [-0.1, -0.05) is 25.5 Å². The zero-order chi connectivity index (χ0) is 20.1. The minimum Gasteiger partial charge on any atom is -0.337 e. The van der Waals surface area contributed by atoms with Crippen LogP contribution in [0.2, 0.25) is 0 Å². The molecule has 7 nitrogen and oxygen atoms in total. The zero-order valence-electron chi connectivity index (χ0n) is 15.8. The Labute approximate surface area is 161 Å². The molecule has 0 aliphatic carbocycles. The summed E-state index contributed by atoms with van der Waals surface area (Å²) in [4.78, 5) is 29.1. The molecule has 0 spiro atoms. The molecule has 8 heteroatoms. The number of aromatic nitrogens is 4. The quantitative estimate of drug-likeness (QED) is 0.679. The van der Waals surface area contributed by atoms with Crippen molar-refractivity contribution in [3.63, 3.8) is 0 Å². The van der Waals surface area contributed by atoms with E-state index in [1.54, 1.807) is 36.1 Å². The number of aryl methyl sites for hydroxylation is 2. The summed E-state index contributed by atoms with van der Waals surface area (Å²) < 4.78 is 16.8. The Bertz CT molecular complexity index is 1030. The minimum atomic E-state index is -0.666. The number of nitrogens with one attached hydrogen (secondary N) is 1. The molecule has 146 valence electrons. The Kier molecular flexibility index (Phi) is 5.98. The van der Waals surface area contributed by atoms with Crippen LogP contribution in [0.5, 0.6) is 0 Å². The first kappa shape index (κ1) is 19.5. The molecule has 1 aromatic carbocycles. The van der Waals surface area contributed by atoms with Gasteiger partial charge < -0.3 is 9.88 Å². The van der Waals surface area contributed by atoms with E-state index in [2.05, 4.69) is 15.4 Å². The maximum atomic E-state index is 13.8. The maximum absolute atomic E-state index is 13.8. The van der Waals surface area contributed by atoms with Crippen LogP contribution >= 0.6 is 0 Å². The third-order valence-electron chi connectivity index (χ3n) is 4.40. The number of rotatable bonds is 7. The Morgan fingerprint density at radius 1 is 1.29 bits per heavy atom. The summed E-state index contributed by atoms with van der Waals surface area (Å²) in [5.41, 5.74) is 0.420. The van der Waals surface area contributed by atoms with Gasteiger partial charge in [0.05, 0.1) is 0 Å². The van der Waals surface area contributed by atoms with Gasteiger partial charge in [0.15, 0.2) is 0 Å². The summed E-state index contributed by atoms with van der Waals surface area (Å²) in [6.45, 7) is 2.46. The molecule has 1 N–H and O–H groups in total. The fourth-order valence-electron chi connectivity index (χ4n) is 2.88. The number of imidazole rings is 1. The highest BCUT2D eigenvalue weighted by molar-refractivity contribution is 5.92. The monoisotopic (exact) mass is 383 g/mol. The van der Waals surface area contributed by atoms with Crippen LogP contribution in [0.25, 0.3) is 0 Å². The van der Waals surface area contributed by atoms with Gasteiger partial charge in [-0.2, -0.15) is 5.10 Å². The maximum Gasteiger partial charge on any atom is 0.272 e. The number of halogens is 1. The molecule has 28 heavy (non-hydrogen) atoms. The van der Waals surface area contributed by atoms with Crippen LogP contribution in [0, 0.1) is 5.82 Å². The molecule has 2 heterocycles. The van der Waals surface area contributed by atoms with E-state index in [1.807, 2.05) is 6.92 Å². The standard InChI is InChI=1S/C20H22FN5O2/c1-3-4-11-26-17(27)9-8-16(24-26)20(28)23-18(19-22-10-12-25(19)2)14-6-5-7-15(21)13-14/h5-10,12-13,18H,3-4,11H2,1-2H3,(H,23,28)/t18-/m1/s1. The van der Waals surface area contributed by atoms with Crippen LogP contribution in [0.1, 0.15) is 47.7 Å². The van der Waals surface area contributed by atoms with E-state index in [9.17, 15) is 14.0 Å². The van der Waals surface area contributed by atoms with Crippen LogP contribution in [-0.2, 0) is 13.6 Å². The average molecular weight is 383 g/mol. The highest BCUT2D eigenvalue weighted by atomic mass is 19.1. The van der Waals surface area contributed by atoms with Gasteiger partial charge in [0.25, 0.3) is 11.5 Å². The van der Waals surface area contributed by atoms with Gasteiger partial charge in [-0.05, 0) is 30.2 Å². The summed E-state index contributed by atoms with van der Waals surface area (Å²) in [5, 5.41) is 7.02. The Morgan fingerprint density at radius 3 is 2.79 bits per heavy atom. The first-order chi connectivity index (χ1) is 13.5. The lowest BCUT2D eigenvalue weighted by molar-refractivity contribution is 0.0933. The van der Waals surface area contributed by atoms with Crippen molar-refractivity contribution in [2.24, 2.45) is 7.05 Å². The molecule has 0 fully saturated rings. The van der Waals surface area contributed by atoms with Gasteiger partial charge in [-0.15, -0.1) is 0 Å². The van der Waals surface area contributed by atoms with E-state index in [-0.39, 0.29) is 11.3 Å². The van der Waals surface area contributed by atoms with E-state index >= 15 is 0 Å². The number of carbonyl (C=O) groups is 1. The van der Waals surface area contributed by atoms with Crippen molar-refractivity contribution in [3.8, 4) is 0 Å². The van der Waals surface area contributed by atoms with E-state index in [4.69, 9.17) is 0 Å². The molecule has 0 bridgehead atoms. The molecule has 0 unspecified atom stereocenters. The molecule has 0 saturated heterocycles. The van der Waals surface area contributed by atoms with E-state index in [1.165, 1.54) is 28.9 Å². The van der Waals surface area contributed by atoms with Crippen molar-refractivity contribution in [1.82, 2.24) is 24.6 Å².